The van der Waals surface area contributed by atoms with Crippen molar-refractivity contribution >= 4 is 5.78 Å². The number of carbonyl (C=O) groups is 1. The topological polar surface area (TPSA) is 99.5 Å². The molecule has 6 heteroatoms. The Morgan fingerprint density at radius 1 is 1.00 bits per heavy atom. The number of ether oxygens (including phenoxy) is 2. The Labute approximate surface area is 142 Å². The smallest absolute Gasteiger partial charge is 0.135 e. The molecular formula is C18H28O6. The molecule has 1 saturated heterocycles. The summed E-state index contributed by atoms with van der Waals surface area (Å²) in [5, 5.41) is 29.2. The molecule has 0 amide bonds. The van der Waals surface area contributed by atoms with E-state index in [0.717, 1.165) is 38.5 Å². The van der Waals surface area contributed by atoms with E-state index in [1.54, 1.807) is 0 Å². The van der Waals surface area contributed by atoms with E-state index in [9.17, 15) is 15.0 Å². The average Bonchev–Trinajstić information content (AvgIpc) is 3.27. The van der Waals surface area contributed by atoms with Crippen molar-refractivity contribution in [1.82, 2.24) is 0 Å². The maximum atomic E-state index is 12.2. The number of aliphatic hydroxyl groups excluding tert-OH is 3. The number of carbonyl (C=O) groups excluding carboxylic acids is 1. The van der Waals surface area contributed by atoms with Gasteiger partial charge in [0.1, 0.15) is 30.2 Å². The van der Waals surface area contributed by atoms with Gasteiger partial charge in [0.2, 0.25) is 0 Å². The molecule has 6 nitrogen and oxygen atoms in total. The van der Waals surface area contributed by atoms with Gasteiger partial charge in [-0.1, -0.05) is 25.7 Å². The summed E-state index contributed by atoms with van der Waals surface area (Å²) < 4.78 is 11.0. The molecular weight excluding hydrogens is 312 g/mol. The van der Waals surface area contributed by atoms with Crippen LogP contribution in [0, 0.1) is 0 Å². The number of hydrogen-bond donors (Lipinski definition) is 3. The lowest BCUT2D eigenvalue weighted by molar-refractivity contribution is -0.121. The number of ketones is 1. The predicted octanol–water partition coefficient (Wildman–Crippen LogP) is 0.867. The third-order valence-electron chi connectivity index (χ3n) is 5.29. The van der Waals surface area contributed by atoms with Gasteiger partial charge < -0.3 is 24.8 Å². The van der Waals surface area contributed by atoms with Gasteiger partial charge in [0.15, 0.2) is 0 Å². The van der Waals surface area contributed by atoms with Crippen LogP contribution in [-0.4, -0.2) is 64.8 Å². The molecule has 3 rings (SSSR count). The van der Waals surface area contributed by atoms with Crippen molar-refractivity contribution in [3.63, 3.8) is 0 Å². The van der Waals surface area contributed by atoms with Gasteiger partial charge in [0.25, 0.3) is 0 Å². The Balaban J connectivity index is 1.39. The van der Waals surface area contributed by atoms with E-state index in [1.165, 1.54) is 0 Å². The summed E-state index contributed by atoms with van der Waals surface area (Å²) in [6.07, 6.45) is 4.28. The largest absolute Gasteiger partial charge is 0.396 e. The minimum atomic E-state index is -0.750. The molecule has 136 valence electrons. The standard InChI is InChI=1S/C18H28O6/c19-8-6-4-2-1-3-5-7-11(20)9-13-14-12(10-23-13)15(21)17-18(24-17)16(14)22/h13,15-19,21-22H,1-10H2/t13-,15-,16-,17-,18+/m1/s1. The normalized spacial score (nSPS) is 34.2. The van der Waals surface area contributed by atoms with Gasteiger partial charge in [-0.25, -0.2) is 0 Å². The maximum absolute atomic E-state index is 12.2. The third kappa shape index (κ3) is 3.89. The van der Waals surface area contributed by atoms with Crippen molar-refractivity contribution in [3.8, 4) is 0 Å². The molecule has 1 fully saturated rings. The second-order valence-electron chi connectivity index (χ2n) is 7.07. The molecule has 3 aliphatic rings. The molecule has 1 aliphatic carbocycles. The van der Waals surface area contributed by atoms with Crippen LogP contribution in [0.4, 0.5) is 0 Å². The third-order valence-corrected chi connectivity index (χ3v) is 5.29. The molecule has 0 saturated carbocycles. The van der Waals surface area contributed by atoms with Crippen molar-refractivity contribution in [2.75, 3.05) is 13.2 Å². The fourth-order valence-electron chi connectivity index (χ4n) is 3.85. The van der Waals surface area contributed by atoms with Crippen LogP contribution in [-0.2, 0) is 14.3 Å². The zero-order valence-corrected chi connectivity index (χ0v) is 14.0. The fraction of sp³-hybridized carbons (Fsp3) is 0.833. The van der Waals surface area contributed by atoms with Crippen LogP contribution < -0.4 is 0 Å². The Hall–Kier alpha value is -0.790. The summed E-state index contributed by atoms with van der Waals surface area (Å²) in [7, 11) is 0. The first-order valence-corrected chi connectivity index (χ1v) is 9.12. The lowest BCUT2D eigenvalue weighted by atomic mass is 9.85. The summed E-state index contributed by atoms with van der Waals surface area (Å²) in [6.45, 7) is 0.536. The van der Waals surface area contributed by atoms with Crippen molar-refractivity contribution in [3.05, 3.63) is 11.1 Å². The zero-order chi connectivity index (χ0) is 17.1. The Morgan fingerprint density at radius 3 is 2.42 bits per heavy atom. The molecule has 2 aliphatic heterocycles. The lowest BCUT2D eigenvalue weighted by Gasteiger charge is -2.23. The van der Waals surface area contributed by atoms with Crippen molar-refractivity contribution < 1.29 is 29.6 Å². The van der Waals surface area contributed by atoms with E-state index in [2.05, 4.69) is 0 Å². The molecule has 3 N–H and O–H groups in total. The summed E-state index contributed by atoms with van der Waals surface area (Å²) in [5.74, 6) is 0.143. The molecule has 0 aromatic heterocycles. The molecule has 0 bridgehead atoms. The molecule has 5 atom stereocenters. The highest BCUT2D eigenvalue weighted by Crippen LogP contribution is 2.45. The molecule has 0 spiro atoms. The summed E-state index contributed by atoms with van der Waals surface area (Å²) in [5.41, 5.74) is 1.39. The number of hydrogen-bond acceptors (Lipinski definition) is 6. The number of aliphatic hydroxyl groups is 3. The number of Topliss-reactive ketones (excluding diaryl/α,β-unsaturated/α-hetero) is 1. The van der Waals surface area contributed by atoms with E-state index >= 15 is 0 Å². The first-order chi connectivity index (χ1) is 11.6. The van der Waals surface area contributed by atoms with E-state index in [1.807, 2.05) is 0 Å². The van der Waals surface area contributed by atoms with Crippen LogP contribution in [0.25, 0.3) is 0 Å². The number of unbranched alkanes of at least 4 members (excludes halogenated alkanes) is 5. The highest BCUT2D eigenvalue weighted by Gasteiger charge is 2.58. The van der Waals surface area contributed by atoms with Crippen molar-refractivity contribution in [2.24, 2.45) is 0 Å². The van der Waals surface area contributed by atoms with Crippen LogP contribution in [0.5, 0.6) is 0 Å². The first-order valence-electron chi connectivity index (χ1n) is 9.12. The zero-order valence-electron chi connectivity index (χ0n) is 14.0. The minimum Gasteiger partial charge on any atom is -0.396 e. The van der Waals surface area contributed by atoms with Crippen LogP contribution in [0.3, 0.4) is 0 Å². The molecule has 0 unspecified atom stereocenters. The van der Waals surface area contributed by atoms with Crippen LogP contribution in [0.15, 0.2) is 11.1 Å². The Bertz CT molecular complexity index is 488. The SMILES string of the molecule is O=C(CCCCCCCCO)C[C@H]1OCC2=C1[C@@H](O)[C@@H]1O[C@@H]1[C@@H]2O. The minimum absolute atomic E-state index is 0.143. The number of fused-ring (bicyclic) bond motifs is 1. The van der Waals surface area contributed by atoms with Crippen molar-refractivity contribution in [1.29, 1.82) is 0 Å². The average molecular weight is 340 g/mol. The summed E-state index contributed by atoms with van der Waals surface area (Å²) in [6, 6.07) is 0. The van der Waals surface area contributed by atoms with Gasteiger partial charge in [-0.2, -0.15) is 0 Å². The molecule has 0 aromatic carbocycles. The van der Waals surface area contributed by atoms with E-state index in [0.29, 0.717) is 17.6 Å². The van der Waals surface area contributed by atoms with Gasteiger partial charge in [0.05, 0.1) is 12.7 Å². The van der Waals surface area contributed by atoms with Crippen LogP contribution in [0.1, 0.15) is 51.4 Å². The van der Waals surface area contributed by atoms with Gasteiger partial charge >= 0.3 is 0 Å². The molecule has 2 heterocycles. The van der Waals surface area contributed by atoms with Gasteiger partial charge in [-0.15, -0.1) is 0 Å². The van der Waals surface area contributed by atoms with Crippen LogP contribution >= 0.6 is 0 Å². The van der Waals surface area contributed by atoms with Crippen molar-refractivity contribution in [2.45, 2.75) is 81.9 Å². The lowest BCUT2D eigenvalue weighted by Crippen LogP contribution is -2.36. The van der Waals surface area contributed by atoms with E-state index < -0.39 is 18.3 Å². The van der Waals surface area contributed by atoms with Gasteiger partial charge in [0, 0.05) is 19.4 Å². The second kappa shape index (κ2) is 8.06. The monoisotopic (exact) mass is 340 g/mol. The summed E-state index contributed by atoms with van der Waals surface area (Å²) in [4.78, 5) is 12.2. The molecule has 0 radical (unpaired) electrons. The van der Waals surface area contributed by atoms with Crippen LogP contribution in [0.2, 0.25) is 0 Å². The fourth-order valence-corrected chi connectivity index (χ4v) is 3.85. The van der Waals surface area contributed by atoms with E-state index in [-0.39, 0.29) is 37.6 Å². The van der Waals surface area contributed by atoms with E-state index in [4.69, 9.17) is 14.6 Å². The first kappa shape index (κ1) is 18.0. The highest BCUT2D eigenvalue weighted by molar-refractivity contribution is 5.79. The van der Waals surface area contributed by atoms with Gasteiger partial charge in [-0.05, 0) is 24.0 Å². The quantitative estimate of drug-likeness (QED) is 0.310. The summed E-state index contributed by atoms with van der Waals surface area (Å²) >= 11 is 0. The second-order valence-corrected chi connectivity index (χ2v) is 7.07. The maximum Gasteiger partial charge on any atom is 0.135 e. The Morgan fingerprint density at radius 2 is 1.67 bits per heavy atom. The Kier molecular flexibility index (Phi) is 6.05. The number of rotatable bonds is 10. The number of epoxide rings is 1. The predicted molar refractivity (Wildman–Crippen MR) is 86.5 cm³/mol. The molecule has 24 heavy (non-hydrogen) atoms. The highest BCUT2D eigenvalue weighted by atomic mass is 16.6. The molecule has 0 aromatic rings. The van der Waals surface area contributed by atoms with Gasteiger partial charge in [-0.3, -0.25) is 4.79 Å².